The predicted molar refractivity (Wildman–Crippen MR) is 72.0 cm³/mol. The average molecular weight is 237 g/mol. The molecule has 1 N–H and O–H groups in total. The van der Waals surface area contributed by atoms with Crippen LogP contribution in [-0.4, -0.2) is 24.1 Å². The third kappa shape index (κ3) is 2.17. The van der Waals surface area contributed by atoms with Crippen LogP contribution in [0.4, 0.5) is 0 Å². The van der Waals surface area contributed by atoms with Gasteiger partial charge in [-0.2, -0.15) is 0 Å². The molecule has 16 heavy (non-hydrogen) atoms. The lowest BCUT2D eigenvalue weighted by Gasteiger charge is -2.24. The van der Waals surface area contributed by atoms with E-state index in [0.717, 1.165) is 12.4 Å². The van der Waals surface area contributed by atoms with Gasteiger partial charge in [-0.3, -0.25) is 9.98 Å². The molecule has 0 aromatic heterocycles. The van der Waals surface area contributed by atoms with E-state index in [2.05, 4.69) is 43.0 Å². The third-order valence-corrected chi connectivity index (χ3v) is 4.27. The number of amidine groups is 1. The van der Waals surface area contributed by atoms with E-state index >= 15 is 0 Å². The van der Waals surface area contributed by atoms with Gasteiger partial charge in [0.05, 0.1) is 12.3 Å². The van der Waals surface area contributed by atoms with Gasteiger partial charge in [0.25, 0.3) is 0 Å². The highest BCUT2D eigenvalue weighted by Crippen LogP contribution is 2.43. The van der Waals surface area contributed by atoms with Crippen LogP contribution >= 0.6 is 11.8 Å². The first kappa shape index (κ1) is 11.7. The average Bonchev–Trinajstić information content (AvgIpc) is 2.52. The van der Waals surface area contributed by atoms with Crippen molar-refractivity contribution in [2.75, 3.05) is 6.54 Å². The number of aliphatic imine (C=N–C) groups is 2. The second-order valence-corrected chi connectivity index (χ2v) is 6.10. The highest BCUT2D eigenvalue weighted by molar-refractivity contribution is 8.04. The number of fused-ring (bicyclic) bond motifs is 1. The third-order valence-electron chi connectivity index (χ3n) is 2.96. The number of thioether (sulfide) groups is 1. The molecule has 2 heterocycles. The van der Waals surface area contributed by atoms with Crippen molar-refractivity contribution in [2.24, 2.45) is 21.8 Å². The lowest BCUT2D eigenvalue weighted by molar-refractivity contribution is 0.652. The minimum atomic E-state index is 0.312. The van der Waals surface area contributed by atoms with Crippen LogP contribution in [0.3, 0.4) is 0 Å². The normalized spacial score (nSPS) is 31.2. The highest BCUT2D eigenvalue weighted by atomic mass is 32.2. The molecule has 0 aromatic carbocycles. The SMILES string of the molecule is CC1=C(C)[C@H]2C(=NCC(C)C)NC=N[C@@H]2S1. The summed E-state index contributed by atoms with van der Waals surface area (Å²) < 4.78 is 0. The molecule has 0 saturated heterocycles. The largest absolute Gasteiger partial charge is 0.335 e. The lowest BCUT2D eigenvalue weighted by atomic mass is 9.98. The maximum absolute atomic E-state index is 4.68. The van der Waals surface area contributed by atoms with Gasteiger partial charge in [0, 0.05) is 6.54 Å². The van der Waals surface area contributed by atoms with Crippen molar-refractivity contribution in [1.82, 2.24) is 5.32 Å². The molecule has 4 heteroatoms. The zero-order valence-corrected chi connectivity index (χ0v) is 11.1. The van der Waals surface area contributed by atoms with Crippen LogP contribution in [0.5, 0.6) is 0 Å². The quantitative estimate of drug-likeness (QED) is 0.801. The number of hydrogen-bond donors (Lipinski definition) is 1. The van der Waals surface area contributed by atoms with Crippen molar-refractivity contribution < 1.29 is 0 Å². The summed E-state index contributed by atoms with van der Waals surface area (Å²) in [7, 11) is 0. The van der Waals surface area contributed by atoms with E-state index < -0.39 is 0 Å². The van der Waals surface area contributed by atoms with E-state index in [-0.39, 0.29) is 0 Å². The minimum Gasteiger partial charge on any atom is -0.335 e. The second kappa shape index (κ2) is 4.62. The monoisotopic (exact) mass is 237 g/mol. The first-order chi connectivity index (χ1) is 7.59. The molecule has 2 aliphatic heterocycles. The fourth-order valence-corrected chi connectivity index (χ4v) is 3.19. The van der Waals surface area contributed by atoms with Crippen LogP contribution in [0.25, 0.3) is 0 Å². The summed E-state index contributed by atoms with van der Waals surface area (Å²) in [6, 6.07) is 0. The predicted octanol–water partition coefficient (Wildman–Crippen LogP) is 2.66. The number of allylic oxidation sites excluding steroid dienone is 1. The first-order valence-corrected chi connectivity index (χ1v) is 6.64. The second-order valence-electron chi connectivity index (χ2n) is 4.77. The Bertz CT molecular complexity index is 368. The van der Waals surface area contributed by atoms with Gasteiger partial charge < -0.3 is 5.32 Å². The van der Waals surface area contributed by atoms with Crippen molar-refractivity contribution in [3.05, 3.63) is 10.5 Å². The van der Waals surface area contributed by atoms with Crippen LogP contribution in [0.1, 0.15) is 27.7 Å². The van der Waals surface area contributed by atoms with Gasteiger partial charge in [0.1, 0.15) is 11.2 Å². The molecule has 0 saturated carbocycles. The Morgan fingerprint density at radius 2 is 2.25 bits per heavy atom. The summed E-state index contributed by atoms with van der Waals surface area (Å²) in [5.41, 5.74) is 1.42. The number of rotatable bonds is 2. The Balaban J connectivity index is 2.21. The highest BCUT2D eigenvalue weighted by Gasteiger charge is 2.36. The van der Waals surface area contributed by atoms with E-state index in [9.17, 15) is 0 Å². The van der Waals surface area contributed by atoms with E-state index in [0.29, 0.717) is 17.2 Å². The minimum absolute atomic E-state index is 0.312. The Morgan fingerprint density at radius 3 is 2.94 bits per heavy atom. The van der Waals surface area contributed by atoms with Crippen LogP contribution in [0.2, 0.25) is 0 Å². The zero-order valence-electron chi connectivity index (χ0n) is 10.3. The molecule has 0 radical (unpaired) electrons. The maximum atomic E-state index is 4.68. The Morgan fingerprint density at radius 1 is 1.50 bits per heavy atom. The molecule has 2 aliphatic rings. The van der Waals surface area contributed by atoms with Crippen molar-refractivity contribution in [3.8, 4) is 0 Å². The molecule has 3 nitrogen and oxygen atoms in total. The fourth-order valence-electron chi connectivity index (χ4n) is 1.92. The number of nitrogens with one attached hydrogen (secondary N) is 1. The molecule has 0 aliphatic carbocycles. The van der Waals surface area contributed by atoms with Crippen LogP contribution in [0.15, 0.2) is 20.5 Å². The molecule has 0 unspecified atom stereocenters. The number of nitrogens with zero attached hydrogens (tertiary/aromatic N) is 2. The van der Waals surface area contributed by atoms with Crippen LogP contribution < -0.4 is 5.32 Å². The molecule has 2 rings (SSSR count). The Kier molecular flexibility index (Phi) is 3.38. The Hall–Kier alpha value is -0.770. The Labute approximate surface area is 102 Å². The van der Waals surface area contributed by atoms with E-state index in [1.54, 1.807) is 6.34 Å². The lowest BCUT2D eigenvalue weighted by Crippen LogP contribution is -2.39. The van der Waals surface area contributed by atoms with Crippen molar-refractivity contribution in [3.63, 3.8) is 0 Å². The standard InChI is InChI=1S/C12H19N3S/c1-7(2)5-13-11-10-8(3)9(4)16-12(10)15-6-14-11/h6-7,10,12H,5H2,1-4H3,(H,13,14,15)/t10-,12+/m0/s1. The molecule has 0 spiro atoms. The van der Waals surface area contributed by atoms with Gasteiger partial charge in [0.15, 0.2) is 0 Å². The molecule has 2 atom stereocenters. The summed E-state index contributed by atoms with van der Waals surface area (Å²) in [5.74, 6) is 2.07. The van der Waals surface area contributed by atoms with Gasteiger partial charge in [-0.05, 0) is 24.7 Å². The molecule has 0 amide bonds. The number of hydrogen-bond acceptors (Lipinski definition) is 3. The van der Waals surface area contributed by atoms with Crippen molar-refractivity contribution >= 4 is 23.9 Å². The van der Waals surface area contributed by atoms with Crippen LogP contribution in [0, 0.1) is 11.8 Å². The summed E-state index contributed by atoms with van der Waals surface area (Å²) in [6.45, 7) is 9.64. The van der Waals surface area contributed by atoms with Crippen molar-refractivity contribution in [1.29, 1.82) is 0 Å². The maximum Gasteiger partial charge on any atom is 0.115 e. The molecular formula is C12H19N3S. The van der Waals surface area contributed by atoms with Gasteiger partial charge in [-0.25, -0.2) is 0 Å². The molecular weight excluding hydrogens is 218 g/mol. The smallest absolute Gasteiger partial charge is 0.115 e. The summed E-state index contributed by atoms with van der Waals surface area (Å²) in [6.07, 6.45) is 1.79. The molecule has 0 fully saturated rings. The molecule has 0 bridgehead atoms. The summed E-state index contributed by atoms with van der Waals surface area (Å²) in [5, 5.41) is 3.52. The van der Waals surface area contributed by atoms with Gasteiger partial charge >= 0.3 is 0 Å². The zero-order chi connectivity index (χ0) is 11.7. The molecule has 0 aromatic rings. The van der Waals surface area contributed by atoms with E-state index in [4.69, 9.17) is 0 Å². The molecule has 88 valence electrons. The van der Waals surface area contributed by atoms with E-state index in [1.165, 1.54) is 10.5 Å². The van der Waals surface area contributed by atoms with Crippen LogP contribution in [-0.2, 0) is 0 Å². The topological polar surface area (TPSA) is 36.8 Å². The van der Waals surface area contributed by atoms with Gasteiger partial charge in [-0.1, -0.05) is 19.4 Å². The van der Waals surface area contributed by atoms with Gasteiger partial charge in [0.2, 0.25) is 0 Å². The fraction of sp³-hybridized carbons (Fsp3) is 0.667. The van der Waals surface area contributed by atoms with E-state index in [1.807, 2.05) is 11.8 Å². The first-order valence-electron chi connectivity index (χ1n) is 5.76. The summed E-state index contributed by atoms with van der Waals surface area (Å²) >= 11 is 1.86. The summed E-state index contributed by atoms with van der Waals surface area (Å²) in [4.78, 5) is 10.5. The van der Waals surface area contributed by atoms with Crippen molar-refractivity contribution in [2.45, 2.75) is 33.1 Å². The van der Waals surface area contributed by atoms with Gasteiger partial charge in [-0.15, -0.1) is 11.8 Å².